The van der Waals surface area contributed by atoms with Gasteiger partial charge in [-0.2, -0.15) is 10.4 Å². The molecule has 1 aliphatic heterocycles. The van der Waals surface area contributed by atoms with Gasteiger partial charge in [0, 0.05) is 25.2 Å². The number of morpholine rings is 1. The first-order valence-corrected chi connectivity index (χ1v) is 7.82. The van der Waals surface area contributed by atoms with Crippen molar-refractivity contribution in [3.05, 3.63) is 17.0 Å². The maximum atomic E-state index is 12.3. The molecule has 0 aromatic carbocycles. The first kappa shape index (κ1) is 16.5. The number of amides is 1. The Morgan fingerprint density at radius 1 is 1.50 bits per heavy atom. The highest BCUT2D eigenvalue weighted by Crippen LogP contribution is 2.17. The summed E-state index contributed by atoms with van der Waals surface area (Å²) in [6.07, 6.45) is 1.77. The van der Waals surface area contributed by atoms with Crippen LogP contribution in [0.25, 0.3) is 0 Å². The fourth-order valence-corrected chi connectivity index (χ4v) is 2.90. The molecule has 22 heavy (non-hydrogen) atoms. The molecule has 2 heterocycles. The van der Waals surface area contributed by atoms with Crippen molar-refractivity contribution < 1.29 is 9.53 Å². The van der Waals surface area contributed by atoms with Gasteiger partial charge in [-0.05, 0) is 32.8 Å². The second-order valence-electron chi connectivity index (χ2n) is 5.80. The highest BCUT2D eigenvalue weighted by Gasteiger charge is 2.22. The van der Waals surface area contributed by atoms with Crippen molar-refractivity contribution in [2.45, 2.75) is 52.7 Å². The lowest BCUT2D eigenvalue weighted by Gasteiger charge is -2.31. The maximum Gasteiger partial charge on any atom is 0.223 e. The summed E-state index contributed by atoms with van der Waals surface area (Å²) < 4.78 is 7.34. The molecule has 0 radical (unpaired) electrons. The first-order valence-electron chi connectivity index (χ1n) is 7.82. The Bertz CT molecular complexity index is 573. The van der Waals surface area contributed by atoms with Crippen LogP contribution in [0, 0.1) is 25.2 Å². The van der Waals surface area contributed by atoms with Gasteiger partial charge >= 0.3 is 0 Å². The Hall–Kier alpha value is -1.87. The highest BCUT2D eigenvalue weighted by molar-refractivity contribution is 5.76. The summed E-state index contributed by atoms with van der Waals surface area (Å²) in [5.74, 6) is 0.179. The van der Waals surface area contributed by atoms with Gasteiger partial charge in [0.05, 0.1) is 37.4 Å². The number of nitriles is 1. The van der Waals surface area contributed by atoms with Crippen LogP contribution >= 0.6 is 0 Å². The van der Waals surface area contributed by atoms with Gasteiger partial charge in [-0.15, -0.1) is 0 Å². The number of carbonyl (C=O) groups is 1. The molecule has 1 aromatic rings. The predicted molar refractivity (Wildman–Crippen MR) is 82.2 cm³/mol. The number of hydrogen-bond acceptors (Lipinski definition) is 4. The van der Waals surface area contributed by atoms with Gasteiger partial charge in [-0.1, -0.05) is 0 Å². The van der Waals surface area contributed by atoms with Crippen molar-refractivity contribution in [2.24, 2.45) is 0 Å². The second kappa shape index (κ2) is 7.41. The zero-order chi connectivity index (χ0) is 16.1. The summed E-state index contributed by atoms with van der Waals surface area (Å²) in [4.78, 5) is 14.2. The van der Waals surface area contributed by atoms with Gasteiger partial charge in [-0.3, -0.25) is 9.48 Å². The van der Waals surface area contributed by atoms with E-state index in [1.807, 2.05) is 30.4 Å². The Kier molecular flexibility index (Phi) is 5.56. The SMILES string of the molecule is Cc1nn(CCC#N)c(C)c1CCC(=O)N1CCO[C@H](C)C1. The average Bonchev–Trinajstić information content (AvgIpc) is 2.77. The minimum atomic E-state index is 0.120. The lowest BCUT2D eigenvalue weighted by Crippen LogP contribution is -2.44. The molecule has 0 spiro atoms. The molecule has 0 aliphatic carbocycles. The normalized spacial score (nSPS) is 18.3. The fraction of sp³-hybridized carbons (Fsp3) is 0.688. The Labute approximate surface area is 131 Å². The molecule has 6 heteroatoms. The molecule has 0 bridgehead atoms. The van der Waals surface area contributed by atoms with E-state index in [-0.39, 0.29) is 12.0 Å². The summed E-state index contributed by atoms with van der Waals surface area (Å²) in [5.41, 5.74) is 3.15. The molecular weight excluding hydrogens is 280 g/mol. The molecule has 0 unspecified atom stereocenters. The molecule has 1 atom stereocenters. The largest absolute Gasteiger partial charge is 0.375 e. The smallest absolute Gasteiger partial charge is 0.223 e. The van der Waals surface area contributed by atoms with Crippen LogP contribution in [-0.2, 0) is 22.5 Å². The lowest BCUT2D eigenvalue weighted by atomic mass is 10.1. The third kappa shape index (κ3) is 3.86. The number of aromatic nitrogens is 2. The van der Waals surface area contributed by atoms with Gasteiger partial charge < -0.3 is 9.64 Å². The van der Waals surface area contributed by atoms with E-state index in [9.17, 15) is 4.79 Å². The molecule has 0 N–H and O–H groups in total. The van der Waals surface area contributed by atoms with Crippen LogP contribution in [0.3, 0.4) is 0 Å². The van der Waals surface area contributed by atoms with Gasteiger partial charge in [0.15, 0.2) is 0 Å². The molecule has 1 amide bonds. The number of carbonyl (C=O) groups excluding carboxylic acids is 1. The van der Waals surface area contributed by atoms with E-state index in [1.54, 1.807) is 0 Å². The van der Waals surface area contributed by atoms with Gasteiger partial charge in [-0.25, -0.2) is 0 Å². The first-order chi connectivity index (χ1) is 10.5. The summed E-state index contributed by atoms with van der Waals surface area (Å²) in [6, 6.07) is 2.14. The molecule has 120 valence electrons. The van der Waals surface area contributed by atoms with Crippen molar-refractivity contribution >= 4 is 5.91 Å². The topological polar surface area (TPSA) is 71.2 Å². The molecule has 1 fully saturated rings. The molecule has 6 nitrogen and oxygen atoms in total. The summed E-state index contributed by atoms with van der Waals surface area (Å²) in [5, 5.41) is 13.2. The van der Waals surface area contributed by atoms with Gasteiger partial charge in [0.2, 0.25) is 5.91 Å². The Morgan fingerprint density at radius 3 is 2.95 bits per heavy atom. The number of rotatable bonds is 5. The van der Waals surface area contributed by atoms with E-state index in [0.717, 1.165) is 17.0 Å². The Morgan fingerprint density at radius 2 is 2.27 bits per heavy atom. The minimum Gasteiger partial charge on any atom is -0.375 e. The van der Waals surface area contributed by atoms with Crippen molar-refractivity contribution in [3.8, 4) is 6.07 Å². The summed E-state index contributed by atoms with van der Waals surface area (Å²) >= 11 is 0. The van der Waals surface area contributed by atoms with Crippen LogP contribution < -0.4 is 0 Å². The van der Waals surface area contributed by atoms with E-state index in [2.05, 4.69) is 11.2 Å². The highest BCUT2D eigenvalue weighted by atomic mass is 16.5. The van der Waals surface area contributed by atoms with E-state index >= 15 is 0 Å². The number of nitrogens with zero attached hydrogens (tertiary/aromatic N) is 4. The van der Waals surface area contributed by atoms with Crippen molar-refractivity contribution in [1.82, 2.24) is 14.7 Å². The zero-order valence-electron chi connectivity index (χ0n) is 13.6. The molecule has 1 saturated heterocycles. The standard InChI is InChI=1S/C16H24N4O2/c1-12-11-19(9-10-22-12)16(21)6-5-15-13(2)18-20(14(15)3)8-4-7-17/h12H,4-6,8-11H2,1-3H3/t12-/m1/s1. The minimum absolute atomic E-state index is 0.120. The number of ether oxygens (including phenoxy) is 1. The van der Waals surface area contributed by atoms with Crippen LogP contribution in [-0.4, -0.2) is 46.4 Å². The van der Waals surface area contributed by atoms with Crippen LogP contribution in [0.1, 0.15) is 36.7 Å². The predicted octanol–water partition coefficient (Wildman–Crippen LogP) is 1.59. The molecule has 1 aliphatic rings. The van der Waals surface area contributed by atoms with Crippen molar-refractivity contribution in [1.29, 1.82) is 5.26 Å². The van der Waals surface area contributed by atoms with Gasteiger partial charge in [0.1, 0.15) is 0 Å². The van der Waals surface area contributed by atoms with E-state index in [4.69, 9.17) is 10.00 Å². The number of hydrogen-bond donors (Lipinski definition) is 0. The maximum absolute atomic E-state index is 12.3. The zero-order valence-corrected chi connectivity index (χ0v) is 13.6. The van der Waals surface area contributed by atoms with Crippen LogP contribution in [0.5, 0.6) is 0 Å². The quantitative estimate of drug-likeness (QED) is 0.828. The fourth-order valence-electron chi connectivity index (χ4n) is 2.90. The third-order valence-electron chi connectivity index (χ3n) is 4.15. The average molecular weight is 304 g/mol. The summed E-state index contributed by atoms with van der Waals surface area (Å²) in [7, 11) is 0. The molecule has 2 rings (SSSR count). The van der Waals surface area contributed by atoms with Crippen molar-refractivity contribution in [2.75, 3.05) is 19.7 Å². The van der Waals surface area contributed by atoms with Gasteiger partial charge in [0.25, 0.3) is 0 Å². The van der Waals surface area contributed by atoms with Crippen LogP contribution in [0.15, 0.2) is 0 Å². The third-order valence-corrected chi connectivity index (χ3v) is 4.15. The Balaban J connectivity index is 1.95. The lowest BCUT2D eigenvalue weighted by molar-refractivity contribution is -0.138. The molecule has 0 saturated carbocycles. The monoisotopic (exact) mass is 304 g/mol. The van der Waals surface area contributed by atoms with E-state index in [0.29, 0.717) is 45.5 Å². The molecular formula is C16H24N4O2. The van der Waals surface area contributed by atoms with E-state index < -0.39 is 0 Å². The molecule has 1 aromatic heterocycles. The summed E-state index contributed by atoms with van der Waals surface area (Å²) in [6.45, 7) is 8.56. The van der Waals surface area contributed by atoms with Crippen LogP contribution in [0.2, 0.25) is 0 Å². The van der Waals surface area contributed by atoms with Crippen molar-refractivity contribution in [3.63, 3.8) is 0 Å². The van der Waals surface area contributed by atoms with E-state index in [1.165, 1.54) is 0 Å². The number of aryl methyl sites for hydroxylation is 2. The van der Waals surface area contributed by atoms with Crippen LogP contribution in [0.4, 0.5) is 0 Å². The second-order valence-corrected chi connectivity index (χ2v) is 5.80.